The predicted octanol–water partition coefficient (Wildman–Crippen LogP) is 3.39. The zero-order valence-electron chi connectivity index (χ0n) is 11.0. The fraction of sp³-hybridized carbons (Fsp3) is 0.438. The molecule has 0 radical (unpaired) electrons. The number of carbonyl (C=O) groups is 1. The van der Waals surface area contributed by atoms with Crippen molar-refractivity contribution in [3.63, 3.8) is 0 Å². The van der Waals surface area contributed by atoms with Crippen LogP contribution in [-0.2, 0) is 0 Å². The number of benzene rings is 1. The van der Waals surface area contributed by atoms with Crippen molar-refractivity contribution >= 4 is 5.91 Å². The third-order valence-electron chi connectivity index (χ3n) is 2.87. The molecule has 1 atom stereocenters. The van der Waals surface area contributed by atoms with Gasteiger partial charge in [0, 0.05) is 18.0 Å². The lowest BCUT2D eigenvalue weighted by Crippen LogP contribution is -2.32. The van der Waals surface area contributed by atoms with Gasteiger partial charge < -0.3 is 5.32 Å². The summed E-state index contributed by atoms with van der Waals surface area (Å²) in [7, 11) is 0. The number of unbranched alkanes of at least 4 members (excludes halogenated alkanes) is 3. The molecule has 0 heterocycles. The van der Waals surface area contributed by atoms with Crippen LogP contribution < -0.4 is 5.32 Å². The topological polar surface area (TPSA) is 29.1 Å². The summed E-state index contributed by atoms with van der Waals surface area (Å²) in [6, 6.07) is 9.53. The van der Waals surface area contributed by atoms with E-state index < -0.39 is 0 Å². The van der Waals surface area contributed by atoms with Crippen LogP contribution in [0.25, 0.3) is 0 Å². The maximum Gasteiger partial charge on any atom is 0.251 e. The second kappa shape index (κ2) is 8.36. The first kappa shape index (κ1) is 14.3. The molecule has 18 heavy (non-hydrogen) atoms. The summed E-state index contributed by atoms with van der Waals surface area (Å²) in [5, 5.41) is 3.01. The van der Waals surface area contributed by atoms with Gasteiger partial charge >= 0.3 is 0 Å². The van der Waals surface area contributed by atoms with E-state index in [-0.39, 0.29) is 11.9 Å². The minimum atomic E-state index is 0.00623. The van der Waals surface area contributed by atoms with Gasteiger partial charge in [-0.15, -0.1) is 12.3 Å². The van der Waals surface area contributed by atoms with Gasteiger partial charge in [-0.25, -0.2) is 0 Å². The second-order valence-electron chi connectivity index (χ2n) is 4.54. The summed E-state index contributed by atoms with van der Waals surface area (Å²) in [6.07, 6.45) is 10.4. The van der Waals surface area contributed by atoms with Gasteiger partial charge in [-0.1, -0.05) is 31.0 Å². The first-order chi connectivity index (χ1) is 8.74. The molecule has 1 aromatic rings. The molecule has 96 valence electrons. The number of carbonyl (C=O) groups excluding carboxylic acids is 1. The van der Waals surface area contributed by atoms with E-state index in [1.54, 1.807) is 0 Å². The molecule has 0 aliphatic rings. The lowest BCUT2D eigenvalue weighted by molar-refractivity contribution is 0.0938. The lowest BCUT2D eigenvalue weighted by Gasteiger charge is -2.13. The van der Waals surface area contributed by atoms with Crippen LogP contribution in [0.3, 0.4) is 0 Å². The smallest absolute Gasteiger partial charge is 0.251 e. The van der Waals surface area contributed by atoms with Crippen LogP contribution in [0.15, 0.2) is 30.3 Å². The number of nitrogens with one attached hydrogen (secondary N) is 1. The van der Waals surface area contributed by atoms with Crippen LogP contribution in [0.4, 0.5) is 0 Å². The Morgan fingerprint density at radius 2 is 2.00 bits per heavy atom. The summed E-state index contributed by atoms with van der Waals surface area (Å²) in [5.41, 5.74) is 0.719. The van der Waals surface area contributed by atoms with E-state index in [2.05, 4.69) is 11.2 Å². The van der Waals surface area contributed by atoms with Gasteiger partial charge in [0.25, 0.3) is 5.91 Å². The highest BCUT2D eigenvalue weighted by Crippen LogP contribution is 2.06. The van der Waals surface area contributed by atoms with E-state index in [0.717, 1.165) is 37.7 Å². The highest BCUT2D eigenvalue weighted by molar-refractivity contribution is 5.94. The standard InChI is InChI=1S/C16H21NO/c1-3-4-5-6-8-11-14(2)17-16(18)15-12-9-7-10-13-15/h1,7,9-10,12-14H,4-6,8,11H2,2H3,(H,17,18)/t14-/m1/s1. The molecule has 0 aliphatic carbocycles. The Hall–Kier alpha value is -1.75. The molecule has 0 aromatic heterocycles. The summed E-state index contributed by atoms with van der Waals surface area (Å²) >= 11 is 0. The Bertz CT molecular complexity index is 391. The first-order valence-electron chi connectivity index (χ1n) is 6.53. The van der Waals surface area contributed by atoms with Crippen molar-refractivity contribution in [3.05, 3.63) is 35.9 Å². The zero-order chi connectivity index (χ0) is 13.2. The fourth-order valence-corrected chi connectivity index (χ4v) is 1.82. The Morgan fingerprint density at radius 1 is 1.28 bits per heavy atom. The van der Waals surface area contributed by atoms with E-state index in [1.807, 2.05) is 37.3 Å². The van der Waals surface area contributed by atoms with Gasteiger partial charge in [-0.3, -0.25) is 4.79 Å². The number of hydrogen-bond donors (Lipinski definition) is 1. The fourth-order valence-electron chi connectivity index (χ4n) is 1.82. The van der Waals surface area contributed by atoms with Gasteiger partial charge in [-0.2, -0.15) is 0 Å². The maximum atomic E-state index is 11.9. The van der Waals surface area contributed by atoms with Crippen molar-refractivity contribution in [2.45, 2.75) is 45.1 Å². The highest BCUT2D eigenvalue weighted by atomic mass is 16.1. The zero-order valence-corrected chi connectivity index (χ0v) is 11.0. The largest absolute Gasteiger partial charge is 0.350 e. The number of hydrogen-bond acceptors (Lipinski definition) is 1. The molecule has 0 saturated carbocycles. The second-order valence-corrected chi connectivity index (χ2v) is 4.54. The summed E-state index contributed by atoms with van der Waals surface area (Å²) < 4.78 is 0. The average Bonchev–Trinajstić information content (AvgIpc) is 2.39. The molecule has 0 aliphatic heterocycles. The van der Waals surface area contributed by atoms with Crippen LogP contribution in [0.2, 0.25) is 0 Å². The first-order valence-corrected chi connectivity index (χ1v) is 6.53. The molecule has 0 saturated heterocycles. The number of terminal acetylenes is 1. The monoisotopic (exact) mass is 243 g/mol. The lowest BCUT2D eigenvalue weighted by atomic mass is 10.1. The van der Waals surface area contributed by atoms with Crippen LogP contribution in [0.5, 0.6) is 0 Å². The molecule has 1 aromatic carbocycles. The van der Waals surface area contributed by atoms with Crippen molar-refractivity contribution in [1.29, 1.82) is 0 Å². The van der Waals surface area contributed by atoms with E-state index >= 15 is 0 Å². The quantitative estimate of drug-likeness (QED) is 0.577. The van der Waals surface area contributed by atoms with E-state index in [1.165, 1.54) is 0 Å². The minimum Gasteiger partial charge on any atom is -0.350 e. The molecule has 0 fully saturated rings. The van der Waals surface area contributed by atoms with Crippen molar-refractivity contribution in [2.24, 2.45) is 0 Å². The van der Waals surface area contributed by atoms with E-state index in [4.69, 9.17) is 6.42 Å². The van der Waals surface area contributed by atoms with Crippen LogP contribution in [-0.4, -0.2) is 11.9 Å². The van der Waals surface area contributed by atoms with Crippen molar-refractivity contribution in [2.75, 3.05) is 0 Å². The molecule has 2 nitrogen and oxygen atoms in total. The minimum absolute atomic E-state index is 0.00623. The molecule has 2 heteroatoms. The highest BCUT2D eigenvalue weighted by Gasteiger charge is 2.08. The average molecular weight is 243 g/mol. The SMILES string of the molecule is C#CCCCCC[C@@H](C)NC(=O)c1ccccc1. The van der Waals surface area contributed by atoms with Gasteiger partial charge in [0.05, 0.1) is 0 Å². The van der Waals surface area contributed by atoms with E-state index in [9.17, 15) is 4.79 Å². The third kappa shape index (κ3) is 5.54. The predicted molar refractivity (Wildman–Crippen MR) is 75.3 cm³/mol. The Kier molecular flexibility index (Phi) is 6.64. The van der Waals surface area contributed by atoms with Gasteiger partial charge in [0.15, 0.2) is 0 Å². The summed E-state index contributed by atoms with van der Waals surface area (Å²) in [4.78, 5) is 11.9. The van der Waals surface area contributed by atoms with E-state index in [0.29, 0.717) is 0 Å². The maximum absolute atomic E-state index is 11.9. The third-order valence-corrected chi connectivity index (χ3v) is 2.87. The van der Waals surface area contributed by atoms with Gasteiger partial charge in [0.1, 0.15) is 0 Å². The van der Waals surface area contributed by atoms with Crippen LogP contribution in [0.1, 0.15) is 49.4 Å². The molecular formula is C16H21NO. The molecule has 0 unspecified atom stereocenters. The molecular weight excluding hydrogens is 222 g/mol. The number of amides is 1. The summed E-state index contributed by atoms with van der Waals surface area (Å²) in [5.74, 6) is 2.65. The summed E-state index contributed by atoms with van der Waals surface area (Å²) in [6.45, 7) is 2.04. The molecule has 1 rings (SSSR count). The molecule has 0 spiro atoms. The Morgan fingerprint density at radius 3 is 2.67 bits per heavy atom. The Balaban J connectivity index is 2.22. The van der Waals surface area contributed by atoms with Gasteiger partial charge in [-0.05, 0) is 31.9 Å². The van der Waals surface area contributed by atoms with Crippen LogP contribution in [0, 0.1) is 12.3 Å². The van der Waals surface area contributed by atoms with Crippen molar-refractivity contribution in [1.82, 2.24) is 5.32 Å². The Labute approximate surface area is 110 Å². The van der Waals surface area contributed by atoms with Crippen LogP contribution >= 0.6 is 0 Å². The normalized spacial score (nSPS) is 11.6. The molecule has 0 bridgehead atoms. The molecule has 1 N–H and O–H groups in total. The van der Waals surface area contributed by atoms with Gasteiger partial charge in [0.2, 0.25) is 0 Å². The number of rotatable bonds is 7. The molecule has 1 amide bonds. The van der Waals surface area contributed by atoms with Crippen molar-refractivity contribution in [3.8, 4) is 12.3 Å². The van der Waals surface area contributed by atoms with Crippen molar-refractivity contribution < 1.29 is 4.79 Å².